The van der Waals surface area contributed by atoms with E-state index in [0.29, 0.717) is 5.57 Å². The minimum absolute atomic E-state index is 0.499. The van der Waals surface area contributed by atoms with Crippen molar-refractivity contribution >= 4 is 34.6 Å². The van der Waals surface area contributed by atoms with Gasteiger partial charge in [0.25, 0.3) is 0 Å². The number of aromatic nitrogens is 1. The fourth-order valence-corrected chi connectivity index (χ4v) is 2.00. The molecule has 1 heterocycles. The number of nitriles is 1. The van der Waals surface area contributed by atoms with Crippen LogP contribution in [0.25, 0.3) is 5.70 Å². The second-order valence-electron chi connectivity index (χ2n) is 2.97. The van der Waals surface area contributed by atoms with Gasteiger partial charge < -0.3 is 5.32 Å². The van der Waals surface area contributed by atoms with Gasteiger partial charge in [-0.3, -0.25) is 0 Å². The molecule has 3 nitrogen and oxygen atoms in total. The predicted molar refractivity (Wildman–Crippen MR) is 71.1 cm³/mol. The van der Waals surface area contributed by atoms with Crippen molar-refractivity contribution < 1.29 is 0 Å². The lowest BCUT2D eigenvalue weighted by Gasteiger charge is -2.03. The van der Waals surface area contributed by atoms with Gasteiger partial charge in [-0.15, -0.1) is 11.3 Å². The third-order valence-electron chi connectivity index (χ3n) is 1.96. The Hall–Kier alpha value is -1.51. The van der Waals surface area contributed by atoms with Gasteiger partial charge in [0.05, 0.1) is 11.3 Å². The maximum atomic E-state index is 8.84. The van der Waals surface area contributed by atoms with Gasteiger partial charge in [-0.05, 0) is 18.6 Å². The molecule has 1 aromatic rings. The van der Waals surface area contributed by atoms with E-state index < -0.39 is 0 Å². The van der Waals surface area contributed by atoms with Crippen LogP contribution in [0.3, 0.4) is 0 Å². The standard InChI is InChI=1S/C11H11N3S2/c1-8(9(6-12)7-15)5-10(13-2)11-14-3-4-16-11/h3-5,7,13H,1-2H3/b9-8-,10-5-. The Labute approximate surface area is 104 Å². The van der Waals surface area contributed by atoms with Gasteiger partial charge in [0.1, 0.15) is 11.1 Å². The predicted octanol–water partition coefficient (Wildman–Crippen LogP) is 2.54. The van der Waals surface area contributed by atoms with Crippen molar-refractivity contribution in [2.75, 3.05) is 7.05 Å². The summed E-state index contributed by atoms with van der Waals surface area (Å²) in [6.45, 7) is 1.85. The van der Waals surface area contributed by atoms with Crippen LogP contribution in [0.2, 0.25) is 0 Å². The molecule has 0 aromatic carbocycles. The van der Waals surface area contributed by atoms with Gasteiger partial charge in [0.2, 0.25) is 0 Å². The highest BCUT2D eigenvalue weighted by molar-refractivity contribution is 7.79. The summed E-state index contributed by atoms with van der Waals surface area (Å²) in [5.74, 6) is 0. The number of thiocarbonyl (C=S) groups is 1. The molecule has 0 saturated carbocycles. The molecule has 0 aliphatic carbocycles. The number of thiazole rings is 1. The highest BCUT2D eigenvalue weighted by atomic mass is 32.1. The van der Waals surface area contributed by atoms with E-state index in [9.17, 15) is 0 Å². The molecule has 82 valence electrons. The Morgan fingerprint density at radius 3 is 2.88 bits per heavy atom. The van der Waals surface area contributed by atoms with Crippen molar-refractivity contribution in [1.29, 1.82) is 5.26 Å². The maximum Gasteiger partial charge on any atom is 0.139 e. The van der Waals surface area contributed by atoms with Crippen molar-refractivity contribution in [3.05, 3.63) is 33.8 Å². The molecule has 0 saturated heterocycles. The number of nitrogens with one attached hydrogen (secondary N) is 1. The van der Waals surface area contributed by atoms with E-state index in [1.807, 2.05) is 25.4 Å². The number of hydrogen-bond acceptors (Lipinski definition) is 5. The minimum Gasteiger partial charge on any atom is -0.386 e. The minimum atomic E-state index is 0.499. The van der Waals surface area contributed by atoms with Crippen LogP contribution in [0.5, 0.6) is 0 Å². The molecule has 16 heavy (non-hydrogen) atoms. The Kier molecular flexibility index (Phi) is 4.83. The summed E-state index contributed by atoms with van der Waals surface area (Å²) in [7, 11) is 1.82. The molecule has 0 aliphatic rings. The van der Waals surface area contributed by atoms with Gasteiger partial charge in [-0.25, -0.2) is 4.98 Å². The molecule has 0 aliphatic heterocycles. The van der Waals surface area contributed by atoms with Crippen molar-refractivity contribution in [3.8, 4) is 6.07 Å². The second-order valence-corrected chi connectivity index (χ2v) is 4.10. The first-order chi connectivity index (χ1) is 7.72. The van der Waals surface area contributed by atoms with Gasteiger partial charge in [0.15, 0.2) is 0 Å². The van der Waals surface area contributed by atoms with E-state index in [1.54, 1.807) is 17.5 Å². The highest BCUT2D eigenvalue weighted by Crippen LogP contribution is 2.17. The molecule has 0 radical (unpaired) electrons. The van der Waals surface area contributed by atoms with Crippen molar-refractivity contribution in [3.63, 3.8) is 0 Å². The number of rotatable bonds is 4. The van der Waals surface area contributed by atoms with Crippen LogP contribution < -0.4 is 5.32 Å². The van der Waals surface area contributed by atoms with E-state index in [2.05, 4.69) is 16.4 Å². The Bertz CT molecular complexity index is 464. The molecule has 0 amide bonds. The van der Waals surface area contributed by atoms with Crippen LogP contribution in [-0.4, -0.2) is 17.4 Å². The van der Waals surface area contributed by atoms with Crippen LogP contribution in [-0.2, 0) is 0 Å². The van der Waals surface area contributed by atoms with Crippen molar-refractivity contribution in [2.45, 2.75) is 6.92 Å². The molecule has 5 heteroatoms. The zero-order valence-corrected chi connectivity index (χ0v) is 10.7. The summed E-state index contributed by atoms with van der Waals surface area (Å²) >= 11 is 6.31. The number of nitrogens with zero attached hydrogens (tertiary/aromatic N) is 2. The molecular formula is C11H11N3S2. The SMILES string of the molecule is CN/C(=C\C(C)=C(\C#N)C=S)c1nccs1. The molecular weight excluding hydrogens is 238 g/mol. The fraction of sp³-hybridized carbons (Fsp3) is 0.182. The van der Waals surface area contributed by atoms with Gasteiger partial charge in [-0.2, -0.15) is 5.26 Å². The fourth-order valence-electron chi connectivity index (χ4n) is 1.10. The first-order valence-corrected chi connectivity index (χ1v) is 5.93. The number of hydrogen-bond donors (Lipinski definition) is 1. The lowest BCUT2D eigenvalue weighted by atomic mass is 10.1. The van der Waals surface area contributed by atoms with E-state index in [1.165, 1.54) is 5.37 Å². The topological polar surface area (TPSA) is 48.7 Å². The van der Waals surface area contributed by atoms with Crippen molar-refractivity contribution in [2.24, 2.45) is 0 Å². The monoisotopic (exact) mass is 249 g/mol. The van der Waals surface area contributed by atoms with Crippen molar-refractivity contribution in [1.82, 2.24) is 10.3 Å². The average Bonchev–Trinajstić information content (AvgIpc) is 2.81. The second kappa shape index (κ2) is 6.16. The van der Waals surface area contributed by atoms with E-state index in [4.69, 9.17) is 17.5 Å². The van der Waals surface area contributed by atoms with E-state index in [-0.39, 0.29) is 0 Å². The van der Waals surface area contributed by atoms with Gasteiger partial charge in [0, 0.05) is 24.0 Å². The summed E-state index contributed by atoms with van der Waals surface area (Å²) in [6.07, 6.45) is 3.62. The lowest BCUT2D eigenvalue weighted by Crippen LogP contribution is -2.04. The largest absolute Gasteiger partial charge is 0.386 e. The molecule has 1 rings (SSSR count). The molecule has 0 fully saturated rings. The lowest BCUT2D eigenvalue weighted by molar-refractivity contribution is 1.11. The van der Waals surface area contributed by atoms with Crippen LogP contribution in [0.1, 0.15) is 11.9 Å². The summed E-state index contributed by atoms with van der Waals surface area (Å²) in [6, 6.07) is 2.06. The Morgan fingerprint density at radius 1 is 1.69 bits per heavy atom. The Morgan fingerprint density at radius 2 is 2.44 bits per heavy atom. The first-order valence-electron chi connectivity index (χ1n) is 4.58. The van der Waals surface area contributed by atoms with Crippen LogP contribution in [0.15, 0.2) is 28.8 Å². The summed E-state index contributed by atoms with van der Waals surface area (Å²) in [5.41, 5.74) is 2.22. The molecule has 0 spiro atoms. The molecule has 0 unspecified atom stereocenters. The molecule has 1 aromatic heterocycles. The van der Waals surface area contributed by atoms with E-state index in [0.717, 1.165) is 16.3 Å². The van der Waals surface area contributed by atoms with Gasteiger partial charge in [-0.1, -0.05) is 12.2 Å². The first kappa shape index (κ1) is 12.6. The van der Waals surface area contributed by atoms with Crippen LogP contribution in [0, 0.1) is 11.3 Å². The average molecular weight is 249 g/mol. The Balaban J connectivity index is 3.12. The van der Waals surface area contributed by atoms with Gasteiger partial charge >= 0.3 is 0 Å². The summed E-state index contributed by atoms with van der Waals surface area (Å²) in [4.78, 5) is 4.20. The molecule has 0 bridgehead atoms. The smallest absolute Gasteiger partial charge is 0.139 e. The maximum absolute atomic E-state index is 8.84. The number of allylic oxidation sites excluding steroid dienone is 3. The molecule has 1 N–H and O–H groups in total. The zero-order chi connectivity index (χ0) is 12.0. The summed E-state index contributed by atoms with van der Waals surface area (Å²) < 4.78 is 0. The third-order valence-corrected chi connectivity index (χ3v) is 3.00. The van der Waals surface area contributed by atoms with Crippen LogP contribution >= 0.6 is 23.6 Å². The zero-order valence-electron chi connectivity index (χ0n) is 9.02. The van der Waals surface area contributed by atoms with E-state index >= 15 is 0 Å². The van der Waals surface area contributed by atoms with Crippen LogP contribution in [0.4, 0.5) is 0 Å². The molecule has 0 atom stereocenters. The highest BCUT2D eigenvalue weighted by Gasteiger charge is 2.03. The summed E-state index contributed by atoms with van der Waals surface area (Å²) in [5, 5.41) is 16.1. The quantitative estimate of drug-likeness (QED) is 0.385. The normalized spacial score (nSPS) is 12.7. The third kappa shape index (κ3) is 2.99.